The number of rotatable bonds is 4. The Kier molecular flexibility index (Phi) is 4.22. The quantitative estimate of drug-likeness (QED) is 0.714. The number of nitrogens with zero attached hydrogens (tertiary/aromatic N) is 1. The maximum atomic E-state index is 11.5. The van der Waals surface area contributed by atoms with Crippen LogP contribution >= 0.6 is 0 Å². The molecule has 0 aromatic heterocycles. The molecule has 76 valence electrons. The zero-order chi connectivity index (χ0) is 9.68. The standard InChI is InChI=1S/C10H19NO2/c1-2-10(13)11(7-8-12)9-5-3-4-6-9/h9,12H,2-8H2,1H3. The fourth-order valence-electron chi connectivity index (χ4n) is 2.04. The van der Waals surface area contributed by atoms with E-state index in [4.69, 9.17) is 5.11 Å². The summed E-state index contributed by atoms with van der Waals surface area (Å²) in [5.74, 6) is 0.181. The van der Waals surface area contributed by atoms with Crippen LogP contribution in [-0.4, -0.2) is 35.1 Å². The van der Waals surface area contributed by atoms with Crippen molar-refractivity contribution in [3.05, 3.63) is 0 Å². The molecule has 3 nitrogen and oxygen atoms in total. The van der Waals surface area contributed by atoms with Gasteiger partial charge >= 0.3 is 0 Å². The number of carbonyl (C=O) groups is 1. The Hall–Kier alpha value is -0.570. The second kappa shape index (κ2) is 5.22. The molecule has 1 fully saturated rings. The van der Waals surface area contributed by atoms with Crippen molar-refractivity contribution in [1.29, 1.82) is 0 Å². The SMILES string of the molecule is CCC(=O)N(CCO)C1CCCC1. The Morgan fingerprint density at radius 3 is 2.54 bits per heavy atom. The maximum Gasteiger partial charge on any atom is 0.222 e. The average Bonchev–Trinajstić information content (AvgIpc) is 2.65. The normalized spacial score (nSPS) is 17.7. The van der Waals surface area contributed by atoms with Gasteiger partial charge in [-0.2, -0.15) is 0 Å². The van der Waals surface area contributed by atoms with Gasteiger partial charge in [0.2, 0.25) is 5.91 Å². The van der Waals surface area contributed by atoms with E-state index >= 15 is 0 Å². The van der Waals surface area contributed by atoms with Crippen LogP contribution in [0.2, 0.25) is 0 Å². The second-order valence-corrected chi connectivity index (χ2v) is 3.60. The van der Waals surface area contributed by atoms with Crippen LogP contribution < -0.4 is 0 Å². The molecule has 3 heteroatoms. The maximum absolute atomic E-state index is 11.5. The Balaban J connectivity index is 2.49. The Bertz CT molecular complexity index is 164. The molecular weight excluding hydrogens is 166 g/mol. The van der Waals surface area contributed by atoms with Gasteiger partial charge < -0.3 is 10.0 Å². The van der Waals surface area contributed by atoms with Crippen LogP contribution in [0.15, 0.2) is 0 Å². The largest absolute Gasteiger partial charge is 0.395 e. The topological polar surface area (TPSA) is 40.5 Å². The van der Waals surface area contributed by atoms with Crippen molar-refractivity contribution < 1.29 is 9.90 Å². The minimum Gasteiger partial charge on any atom is -0.395 e. The molecule has 0 aromatic carbocycles. The first-order valence-corrected chi connectivity index (χ1v) is 5.20. The minimum atomic E-state index is 0.0856. The molecule has 1 N–H and O–H groups in total. The third-order valence-corrected chi connectivity index (χ3v) is 2.73. The third kappa shape index (κ3) is 2.69. The summed E-state index contributed by atoms with van der Waals surface area (Å²) in [6.45, 7) is 2.47. The van der Waals surface area contributed by atoms with E-state index in [2.05, 4.69) is 0 Å². The van der Waals surface area contributed by atoms with Crippen molar-refractivity contribution in [2.24, 2.45) is 0 Å². The molecule has 1 aliphatic rings. The lowest BCUT2D eigenvalue weighted by molar-refractivity contribution is -0.133. The predicted molar refractivity (Wildman–Crippen MR) is 51.3 cm³/mol. The first-order valence-electron chi connectivity index (χ1n) is 5.20. The number of hydrogen-bond acceptors (Lipinski definition) is 2. The summed E-state index contributed by atoms with van der Waals surface area (Å²) in [6.07, 6.45) is 5.24. The molecule has 0 spiro atoms. The van der Waals surface area contributed by atoms with Crippen LogP contribution in [0.5, 0.6) is 0 Å². The first-order chi connectivity index (χ1) is 6.29. The molecule has 0 radical (unpaired) electrons. The van der Waals surface area contributed by atoms with Crippen LogP contribution in [-0.2, 0) is 4.79 Å². The summed E-state index contributed by atoms with van der Waals surface area (Å²) in [5, 5.41) is 8.85. The van der Waals surface area contributed by atoms with Gasteiger partial charge in [0.1, 0.15) is 0 Å². The molecule has 0 atom stereocenters. The molecule has 0 saturated heterocycles. The summed E-state index contributed by atoms with van der Waals surface area (Å²) >= 11 is 0. The second-order valence-electron chi connectivity index (χ2n) is 3.60. The highest BCUT2D eigenvalue weighted by Gasteiger charge is 2.24. The van der Waals surface area contributed by atoms with E-state index in [1.54, 1.807) is 0 Å². The monoisotopic (exact) mass is 185 g/mol. The van der Waals surface area contributed by atoms with Gasteiger partial charge in [0, 0.05) is 19.0 Å². The fourth-order valence-corrected chi connectivity index (χ4v) is 2.04. The molecule has 0 unspecified atom stereocenters. The highest BCUT2D eigenvalue weighted by Crippen LogP contribution is 2.23. The predicted octanol–water partition coefficient (Wildman–Crippen LogP) is 1.16. The zero-order valence-corrected chi connectivity index (χ0v) is 8.33. The van der Waals surface area contributed by atoms with Crippen LogP contribution in [0.25, 0.3) is 0 Å². The summed E-state index contributed by atoms with van der Waals surface area (Å²) < 4.78 is 0. The molecule has 13 heavy (non-hydrogen) atoms. The highest BCUT2D eigenvalue weighted by atomic mass is 16.3. The van der Waals surface area contributed by atoms with E-state index in [0.717, 1.165) is 12.8 Å². The van der Waals surface area contributed by atoms with Crippen molar-refractivity contribution >= 4 is 5.91 Å². The van der Waals surface area contributed by atoms with Gasteiger partial charge in [-0.1, -0.05) is 19.8 Å². The molecule has 1 saturated carbocycles. The number of carbonyl (C=O) groups excluding carboxylic acids is 1. The van der Waals surface area contributed by atoms with E-state index in [1.807, 2.05) is 11.8 Å². The van der Waals surface area contributed by atoms with Gasteiger partial charge in [0.15, 0.2) is 0 Å². The van der Waals surface area contributed by atoms with Gasteiger partial charge in [-0.3, -0.25) is 4.79 Å². The van der Waals surface area contributed by atoms with Gasteiger partial charge in [-0.15, -0.1) is 0 Å². The zero-order valence-electron chi connectivity index (χ0n) is 8.33. The van der Waals surface area contributed by atoms with Gasteiger partial charge in [0.25, 0.3) is 0 Å². The molecule has 1 rings (SSSR count). The number of aliphatic hydroxyl groups excluding tert-OH is 1. The van der Waals surface area contributed by atoms with Crippen molar-refractivity contribution in [1.82, 2.24) is 4.90 Å². The summed E-state index contributed by atoms with van der Waals surface area (Å²) in [5.41, 5.74) is 0. The van der Waals surface area contributed by atoms with Gasteiger partial charge in [0.05, 0.1) is 6.61 Å². The molecule has 0 aliphatic heterocycles. The lowest BCUT2D eigenvalue weighted by atomic mass is 10.2. The van der Waals surface area contributed by atoms with Crippen LogP contribution in [0.1, 0.15) is 39.0 Å². The number of aliphatic hydroxyl groups is 1. The summed E-state index contributed by atoms with van der Waals surface area (Å²) in [6, 6.07) is 0.402. The van der Waals surface area contributed by atoms with Gasteiger partial charge in [-0.25, -0.2) is 0 Å². The number of hydrogen-bond donors (Lipinski definition) is 1. The Morgan fingerprint density at radius 1 is 1.46 bits per heavy atom. The third-order valence-electron chi connectivity index (χ3n) is 2.73. The lowest BCUT2D eigenvalue weighted by Gasteiger charge is -2.27. The van der Waals surface area contributed by atoms with Gasteiger partial charge in [-0.05, 0) is 12.8 Å². The summed E-state index contributed by atoms with van der Waals surface area (Å²) in [4.78, 5) is 13.4. The summed E-state index contributed by atoms with van der Waals surface area (Å²) in [7, 11) is 0. The van der Waals surface area contributed by atoms with Crippen molar-refractivity contribution in [3.63, 3.8) is 0 Å². The molecule has 1 aliphatic carbocycles. The van der Waals surface area contributed by atoms with Crippen molar-refractivity contribution in [2.75, 3.05) is 13.2 Å². The average molecular weight is 185 g/mol. The van der Waals surface area contributed by atoms with Crippen LogP contribution in [0.4, 0.5) is 0 Å². The number of amides is 1. The minimum absolute atomic E-state index is 0.0856. The molecule has 0 aromatic rings. The first kappa shape index (κ1) is 10.5. The van der Waals surface area contributed by atoms with E-state index in [-0.39, 0.29) is 12.5 Å². The molecule has 0 bridgehead atoms. The van der Waals surface area contributed by atoms with Crippen molar-refractivity contribution in [3.8, 4) is 0 Å². The van der Waals surface area contributed by atoms with E-state index in [0.29, 0.717) is 19.0 Å². The molecular formula is C10H19NO2. The van der Waals surface area contributed by atoms with E-state index in [9.17, 15) is 4.79 Å². The van der Waals surface area contributed by atoms with Crippen LogP contribution in [0.3, 0.4) is 0 Å². The van der Waals surface area contributed by atoms with Crippen molar-refractivity contribution in [2.45, 2.75) is 45.1 Å². The molecule has 0 heterocycles. The lowest BCUT2D eigenvalue weighted by Crippen LogP contribution is -2.40. The molecule has 1 amide bonds. The smallest absolute Gasteiger partial charge is 0.222 e. The van der Waals surface area contributed by atoms with Crippen LogP contribution in [0, 0.1) is 0 Å². The Labute approximate surface area is 79.7 Å². The fraction of sp³-hybridized carbons (Fsp3) is 0.900. The Morgan fingerprint density at radius 2 is 2.08 bits per heavy atom. The highest BCUT2D eigenvalue weighted by molar-refractivity contribution is 5.76. The van der Waals surface area contributed by atoms with E-state index < -0.39 is 0 Å². The van der Waals surface area contributed by atoms with E-state index in [1.165, 1.54) is 12.8 Å².